The Bertz CT molecular complexity index is 1070. The van der Waals surface area contributed by atoms with Gasteiger partial charge in [-0.1, -0.05) is 86.6 Å². The third-order valence-corrected chi connectivity index (χ3v) is 6.47. The zero-order chi connectivity index (χ0) is 21.8. The smallest absolute Gasteiger partial charge is 0.123 e. The highest BCUT2D eigenvalue weighted by atomic mass is 16.3. The van der Waals surface area contributed by atoms with Gasteiger partial charge < -0.3 is 10.2 Å². The summed E-state index contributed by atoms with van der Waals surface area (Å²) >= 11 is 0. The molecule has 0 aliphatic heterocycles. The molecule has 0 unspecified atom stereocenters. The van der Waals surface area contributed by atoms with Crippen LogP contribution in [0.15, 0.2) is 97.1 Å². The number of phenols is 2. The summed E-state index contributed by atoms with van der Waals surface area (Å²) in [5.41, 5.74) is 5.78. The van der Waals surface area contributed by atoms with Gasteiger partial charge in [-0.15, -0.1) is 0 Å². The van der Waals surface area contributed by atoms with Crippen molar-refractivity contribution < 1.29 is 10.2 Å². The lowest BCUT2D eigenvalue weighted by Gasteiger charge is -2.34. The Hall–Kier alpha value is -3.52. The molecule has 0 heterocycles. The summed E-state index contributed by atoms with van der Waals surface area (Å²) in [6.45, 7) is 4.40. The number of benzene rings is 4. The predicted octanol–water partition coefficient (Wildman–Crippen LogP) is 7.54. The SMILES string of the molecule is CCC(CC)(c1ccc(O)c(-c2ccccc2)c1)c1ccc(O)c(-c2ccccc2)c1. The van der Waals surface area contributed by atoms with Crippen LogP contribution >= 0.6 is 0 Å². The monoisotopic (exact) mass is 408 g/mol. The first-order valence-corrected chi connectivity index (χ1v) is 10.9. The molecular formula is C29H28O2. The highest BCUT2D eigenvalue weighted by molar-refractivity contribution is 5.73. The molecule has 4 rings (SSSR count). The van der Waals surface area contributed by atoms with E-state index in [9.17, 15) is 10.2 Å². The Morgan fingerprint density at radius 2 is 0.935 bits per heavy atom. The van der Waals surface area contributed by atoms with Crippen molar-refractivity contribution >= 4 is 0 Å². The molecule has 0 bridgehead atoms. The van der Waals surface area contributed by atoms with E-state index in [0.717, 1.165) is 35.1 Å². The summed E-state index contributed by atoms with van der Waals surface area (Å²) in [7, 11) is 0. The average Bonchev–Trinajstić information content (AvgIpc) is 2.83. The molecule has 0 radical (unpaired) electrons. The van der Waals surface area contributed by atoms with Crippen molar-refractivity contribution in [2.75, 3.05) is 0 Å². The van der Waals surface area contributed by atoms with Gasteiger partial charge in [-0.25, -0.2) is 0 Å². The third-order valence-electron chi connectivity index (χ3n) is 6.47. The van der Waals surface area contributed by atoms with E-state index in [-0.39, 0.29) is 16.9 Å². The van der Waals surface area contributed by atoms with Gasteiger partial charge in [0.1, 0.15) is 11.5 Å². The van der Waals surface area contributed by atoms with E-state index >= 15 is 0 Å². The lowest BCUT2D eigenvalue weighted by atomic mass is 9.69. The molecule has 0 saturated carbocycles. The van der Waals surface area contributed by atoms with Gasteiger partial charge in [0, 0.05) is 16.5 Å². The molecule has 0 amide bonds. The maximum Gasteiger partial charge on any atom is 0.123 e. The van der Waals surface area contributed by atoms with E-state index in [0.29, 0.717) is 0 Å². The van der Waals surface area contributed by atoms with Gasteiger partial charge >= 0.3 is 0 Å². The lowest BCUT2D eigenvalue weighted by Crippen LogP contribution is -2.26. The molecule has 0 saturated heterocycles. The largest absolute Gasteiger partial charge is 0.507 e. The zero-order valence-electron chi connectivity index (χ0n) is 18.0. The van der Waals surface area contributed by atoms with Crippen molar-refractivity contribution in [3.8, 4) is 33.8 Å². The predicted molar refractivity (Wildman–Crippen MR) is 128 cm³/mol. The zero-order valence-corrected chi connectivity index (χ0v) is 18.0. The van der Waals surface area contributed by atoms with Gasteiger partial charge in [0.25, 0.3) is 0 Å². The average molecular weight is 409 g/mol. The Kier molecular flexibility index (Phi) is 5.81. The summed E-state index contributed by atoms with van der Waals surface area (Å²) in [4.78, 5) is 0. The highest BCUT2D eigenvalue weighted by Crippen LogP contribution is 2.44. The normalized spacial score (nSPS) is 11.4. The lowest BCUT2D eigenvalue weighted by molar-refractivity contribution is 0.463. The minimum Gasteiger partial charge on any atom is -0.507 e. The topological polar surface area (TPSA) is 40.5 Å². The second kappa shape index (κ2) is 8.69. The van der Waals surface area contributed by atoms with Crippen LogP contribution in [0.1, 0.15) is 37.8 Å². The number of aromatic hydroxyl groups is 2. The Morgan fingerprint density at radius 3 is 1.29 bits per heavy atom. The van der Waals surface area contributed by atoms with Crippen molar-refractivity contribution in [3.05, 3.63) is 108 Å². The van der Waals surface area contributed by atoms with E-state index in [1.165, 1.54) is 11.1 Å². The van der Waals surface area contributed by atoms with Gasteiger partial charge in [-0.3, -0.25) is 0 Å². The van der Waals surface area contributed by atoms with Crippen molar-refractivity contribution in [2.24, 2.45) is 0 Å². The fraction of sp³-hybridized carbons (Fsp3) is 0.172. The van der Waals surface area contributed by atoms with E-state index in [4.69, 9.17) is 0 Å². The molecule has 2 heteroatoms. The van der Waals surface area contributed by atoms with Crippen LogP contribution in [0.25, 0.3) is 22.3 Å². The maximum absolute atomic E-state index is 10.6. The van der Waals surface area contributed by atoms with E-state index < -0.39 is 0 Å². The summed E-state index contributed by atoms with van der Waals surface area (Å²) in [6.07, 6.45) is 1.81. The molecule has 0 fully saturated rings. The molecule has 0 atom stereocenters. The van der Waals surface area contributed by atoms with Crippen molar-refractivity contribution in [1.82, 2.24) is 0 Å². The van der Waals surface area contributed by atoms with E-state index in [1.54, 1.807) is 12.1 Å². The minimum absolute atomic E-state index is 0.228. The molecular weight excluding hydrogens is 380 g/mol. The van der Waals surface area contributed by atoms with Gasteiger partial charge in [0.05, 0.1) is 0 Å². The molecule has 0 spiro atoms. The second-order valence-electron chi connectivity index (χ2n) is 7.99. The Balaban J connectivity index is 1.88. The van der Waals surface area contributed by atoms with Gasteiger partial charge in [0.15, 0.2) is 0 Å². The molecule has 0 aliphatic carbocycles. The molecule has 2 N–H and O–H groups in total. The van der Waals surface area contributed by atoms with Crippen LogP contribution in [0, 0.1) is 0 Å². The van der Waals surface area contributed by atoms with Crippen LogP contribution < -0.4 is 0 Å². The Labute approximate surface area is 184 Å². The fourth-order valence-electron chi connectivity index (χ4n) is 4.60. The van der Waals surface area contributed by atoms with Crippen LogP contribution in [-0.2, 0) is 5.41 Å². The summed E-state index contributed by atoms with van der Waals surface area (Å²) < 4.78 is 0. The van der Waals surface area contributed by atoms with Crippen LogP contribution in [0.2, 0.25) is 0 Å². The number of hydrogen-bond donors (Lipinski definition) is 2. The quantitative estimate of drug-likeness (QED) is 0.346. The molecule has 156 valence electrons. The minimum atomic E-state index is -0.228. The number of phenolic OH excluding ortho intramolecular Hbond substituents is 2. The summed E-state index contributed by atoms with van der Waals surface area (Å²) in [6, 6.07) is 31.9. The maximum atomic E-state index is 10.6. The fourth-order valence-corrected chi connectivity index (χ4v) is 4.60. The van der Waals surface area contributed by atoms with Crippen LogP contribution in [-0.4, -0.2) is 10.2 Å². The first-order chi connectivity index (χ1) is 15.1. The van der Waals surface area contributed by atoms with Crippen LogP contribution in [0.4, 0.5) is 0 Å². The first kappa shape index (κ1) is 20.7. The molecule has 0 aliphatic rings. The first-order valence-electron chi connectivity index (χ1n) is 10.9. The summed E-state index contributed by atoms with van der Waals surface area (Å²) in [5, 5.41) is 21.1. The molecule has 31 heavy (non-hydrogen) atoms. The standard InChI is InChI=1S/C29H28O2/c1-3-29(4-2,23-15-17-27(30)25(19-23)21-11-7-5-8-12-21)24-16-18-28(31)26(20-24)22-13-9-6-10-14-22/h5-20,30-31H,3-4H2,1-2H3. The second-order valence-corrected chi connectivity index (χ2v) is 7.99. The van der Waals surface area contributed by atoms with Crippen LogP contribution in [0.3, 0.4) is 0 Å². The third kappa shape index (κ3) is 3.82. The molecule has 4 aromatic rings. The number of rotatable bonds is 6. The highest BCUT2D eigenvalue weighted by Gasteiger charge is 2.32. The van der Waals surface area contributed by atoms with Crippen molar-refractivity contribution in [3.63, 3.8) is 0 Å². The van der Waals surface area contributed by atoms with Gasteiger partial charge in [-0.2, -0.15) is 0 Å². The van der Waals surface area contributed by atoms with Gasteiger partial charge in [-0.05, 0) is 59.4 Å². The molecule has 0 aromatic heterocycles. The van der Waals surface area contributed by atoms with Crippen molar-refractivity contribution in [2.45, 2.75) is 32.1 Å². The Morgan fingerprint density at radius 1 is 0.548 bits per heavy atom. The number of hydrogen-bond acceptors (Lipinski definition) is 2. The summed E-state index contributed by atoms with van der Waals surface area (Å²) in [5.74, 6) is 0.568. The molecule has 4 aromatic carbocycles. The van der Waals surface area contributed by atoms with Crippen molar-refractivity contribution in [1.29, 1.82) is 0 Å². The van der Waals surface area contributed by atoms with E-state index in [2.05, 4.69) is 26.0 Å². The molecule has 2 nitrogen and oxygen atoms in total. The van der Waals surface area contributed by atoms with Gasteiger partial charge in [0.2, 0.25) is 0 Å². The van der Waals surface area contributed by atoms with E-state index in [1.807, 2.05) is 72.8 Å². The van der Waals surface area contributed by atoms with Crippen LogP contribution in [0.5, 0.6) is 11.5 Å².